The Kier molecular flexibility index (Phi) is 8.33. The monoisotopic (exact) mass is 482 g/mol. The molecule has 1 aliphatic carbocycles. The van der Waals surface area contributed by atoms with Crippen molar-refractivity contribution in [3.8, 4) is 5.75 Å². The van der Waals surface area contributed by atoms with Gasteiger partial charge in [-0.25, -0.2) is 0 Å². The molecule has 35 heavy (non-hydrogen) atoms. The van der Waals surface area contributed by atoms with E-state index in [0.29, 0.717) is 44.3 Å². The second kappa shape index (κ2) is 11.6. The molecule has 2 fully saturated rings. The minimum atomic E-state index is -0.246. The van der Waals surface area contributed by atoms with Crippen molar-refractivity contribution in [3.05, 3.63) is 48.4 Å². The van der Waals surface area contributed by atoms with Crippen molar-refractivity contribution < 1.29 is 19.2 Å². The minimum Gasteiger partial charge on any atom is -0.493 e. The lowest BCUT2D eigenvalue weighted by Crippen LogP contribution is -2.44. The first-order valence-corrected chi connectivity index (χ1v) is 12.8. The van der Waals surface area contributed by atoms with Crippen molar-refractivity contribution >= 4 is 17.4 Å². The zero-order chi connectivity index (χ0) is 24.8. The molecule has 0 spiro atoms. The van der Waals surface area contributed by atoms with E-state index in [4.69, 9.17) is 21.2 Å². The van der Waals surface area contributed by atoms with Gasteiger partial charge in [-0.05, 0) is 80.7 Å². The molecule has 2 amide bonds. The number of nitrogens with zero attached hydrogens (tertiary/aromatic N) is 2. The first-order valence-electron chi connectivity index (χ1n) is 12.8. The zero-order valence-corrected chi connectivity index (χ0v) is 20.5. The van der Waals surface area contributed by atoms with Gasteiger partial charge in [0.1, 0.15) is 5.75 Å². The zero-order valence-electron chi connectivity index (χ0n) is 20.5. The largest absolute Gasteiger partial charge is 0.493 e. The number of rotatable bonds is 8. The number of amides is 2. The second-order valence-electron chi connectivity index (χ2n) is 9.98. The highest BCUT2D eigenvalue weighted by Crippen LogP contribution is 2.33. The van der Waals surface area contributed by atoms with Crippen LogP contribution in [-0.4, -0.2) is 54.4 Å². The molecule has 8 heteroatoms. The summed E-state index contributed by atoms with van der Waals surface area (Å²) >= 11 is 0. The molecule has 1 unspecified atom stereocenters. The van der Waals surface area contributed by atoms with E-state index in [1.165, 1.54) is 11.1 Å². The minimum absolute atomic E-state index is 0.0338. The molecule has 3 aliphatic rings. The fraction of sp³-hybridized carbons (Fsp3) is 0.556. The first-order chi connectivity index (χ1) is 16.9. The summed E-state index contributed by atoms with van der Waals surface area (Å²) < 4.78 is 6.05. The van der Waals surface area contributed by atoms with Crippen LogP contribution >= 0.6 is 0 Å². The summed E-state index contributed by atoms with van der Waals surface area (Å²) in [6, 6.07) is 8.30. The molecule has 0 aromatic heterocycles. The van der Waals surface area contributed by atoms with E-state index in [9.17, 15) is 9.59 Å². The van der Waals surface area contributed by atoms with Crippen LogP contribution in [0.25, 0.3) is 5.57 Å². The number of likely N-dealkylation sites (tertiary alicyclic amines) is 2. The molecule has 4 N–H and O–H groups in total. The van der Waals surface area contributed by atoms with Crippen molar-refractivity contribution in [1.29, 1.82) is 0 Å². The third-order valence-electron chi connectivity index (χ3n) is 7.78. The van der Waals surface area contributed by atoms with Crippen LogP contribution in [0.4, 0.5) is 0 Å². The molecule has 190 valence electrons. The van der Waals surface area contributed by atoms with E-state index in [1.807, 2.05) is 17.0 Å². The number of primary amides is 1. The molecule has 1 atom stereocenters. The van der Waals surface area contributed by atoms with E-state index in [2.05, 4.69) is 29.7 Å². The van der Waals surface area contributed by atoms with Crippen molar-refractivity contribution in [3.63, 3.8) is 0 Å². The molecule has 2 saturated heterocycles. The lowest BCUT2D eigenvalue weighted by atomic mass is 9.85. The molecule has 2 heterocycles. The topological polar surface area (TPSA) is 111 Å². The smallest absolute Gasteiger partial charge is 0.226 e. The van der Waals surface area contributed by atoms with Crippen LogP contribution < -0.4 is 16.4 Å². The van der Waals surface area contributed by atoms with Crippen molar-refractivity contribution in [1.82, 2.24) is 9.80 Å². The number of allylic oxidation sites excluding steroid dienone is 2. The molecule has 1 aromatic rings. The van der Waals surface area contributed by atoms with Gasteiger partial charge in [0.25, 0.3) is 0 Å². The number of carbonyl (C=O) groups is 2. The van der Waals surface area contributed by atoms with Crippen LogP contribution in [-0.2, 0) is 14.4 Å². The van der Waals surface area contributed by atoms with E-state index < -0.39 is 0 Å². The fourth-order valence-electron chi connectivity index (χ4n) is 5.37. The third-order valence-corrected chi connectivity index (χ3v) is 7.78. The average molecular weight is 483 g/mol. The standard InChI is InChI=1S/C27H38N4O4/c1-19(35-29)30-14-10-20(11-15-30)18-34-25-8-6-22(7-9-25)21-2-4-24(5-3-21)27(33)31-16-12-23(13-17-31)26(28)32/h2,6-9,20,23-24H,1,3-5,10-18,29H2,(H2,28,32). The van der Waals surface area contributed by atoms with Crippen molar-refractivity contribution in [2.75, 3.05) is 32.8 Å². The number of ether oxygens (including phenoxy) is 1. The van der Waals surface area contributed by atoms with E-state index in [-0.39, 0.29) is 23.7 Å². The lowest BCUT2D eigenvalue weighted by molar-refractivity contribution is -0.138. The molecule has 0 bridgehead atoms. The summed E-state index contributed by atoms with van der Waals surface area (Å²) in [5.74, 6) is 7.04. The summed E-state index contributed by atoms with van der Waals surface area (Å²) in [5.41, 5.74) is 7.90. The average Bonchev–Trinajstić information content (AvgIpc) is 2.92. The highest BCUT2D eigenvalue weighted by Gasteiger charge is 2.31. The molecule has 0 saturated carbocycles. The molecule has 0 radical (unpaired) electrons. The molecule has 1 aromatic carbocycles. The maximum atomic E-state index is 12.9. The van der Waals surface area contributed by atoms with Crippen LogP contribution in [0.5, 0.6) is 5.75 Å². The van der Waals surface area contributed by atoms with Crippen molar-refractivity contribution in [2.45, 2.75) is 44.9 Å². The number of hydrogen-bond acceptors (Lipinski definition) is 6. The second-order valence-corrected chi connectivity index (χ2v) is 9.98. The van der Waals surface area contributed by atoms with Gasteiger partial charge in [-0.2, -0.15) is 5.90 Å². The molecule has 4 rings (SSSR count). The Bertz CT molecular complexity index is 929. The normalized spacial score (nSPS) is 21.9. The van der Waals surface area contributed by atoms with Gasteiger partial charge in [-0.1, -0.05) is 18.2 Å². The Balaban J connectivity index is 1.22. The van der Waals surface area contributed by atoms with Crippen LogP contribution in [0.15, 0.2) is 42.8 Å². The summed E-state index contributed by atoms with van der Waals surface area (Å²) in [4.78, 5) is 33.0. The van der Waals surface area contributed by atoms with E-state index in [0.717, 1.165) is 50.9 Å². The number of benzene rings is 1. The van der Waals surface area contributed by atoms with E-state index in [1.54, 1.807) is 0 Å². The van der Waals surface area contributed by atoms with Gasteiger partial charge < -0.3 is 25.1 Å². The van der Waals surface area contributed by atoms with Gasteiger partial charge in [-0.15, -0.1) is 0 Å². The number of piperidine rings is 2. The quantitative estimate of drug-likeness (QED) is 0.435. The maximum Gasteiger partial charge on any atom is 0.226 e. The molecule has 8 nitrogen and oxygen atoms in total. The van der Waals surface area contributed by atoms with E-state index >= 15 is 0 Å². The number of carbonyl (C=O) groups excluding carboxylic acids is 2. The molecular formula is C27H38N4O4. The number of hydrogen-bond donors (Lipinski definition) is 2. The predicted molar refractivity (Wildman–Crippen MR) is 134 cm³/mol. The SMILES string of the molecule is C=C(ON)N1CCC(COc2ccc(C3=CCC(C(=O)N4CCC(C(N)=O)CC4)CC3)cc2)CC1. The Morgan fingerprint density at radius 1 is 0.943 bits per heavy atom. The highest BCUT2D eigenvalue weighted by atomic mass is 16.6. The third kappa shape index (κ3) is 6.36. The Hall–Kier alpha value is -3.00. The lowest BCUT2D eigenvalue weighted by Gasteiger charge is -2.34. The van der Waals surface area contributed by atoms with Crippen LogP contribution in [0.1, 0.15) is 50.5 Å². The van der Waals surface area contributed by atoms with Crippen LogP contribution in [0, 0.1) is 17.8 Å². The summed E-state index contributed by atoms with van der Waals surface area (Å²) in [6.07, 6.45) is 8.15. The van der Waals surface area contributed by atoms with Gasteiger partial charge in [0.15, 0.2) is 0 Å². The summed E-state index contributed by atoms with van der Waals surface area (Å²) in [7, 11) is 0. The molecular weight excluding hydrogens is 444 g/mol. The summed E-state index contributed by atoms with van der Waals surface area (Å²) in [5, 5.41) is 0. The Labute approximate surface area is 207 Å². The van der Waals surface area contributed by atoms with Gasteiger partial charge in [-0.3, -0.25) is 9.59 Å². The van der Waals surface area contributed by atoms with Gasteiger partial charge in [0.2, 0.25) is 17.7 Å². The summed E-state index contributed by atoms with van der Waals surface area (Å²) in [6.45, 7) is 7.55. The maximum absolute atomic E-state index is 12.9. The predicted octanol–water partition coefficient (Wildman–Crippen LogP) is 3.05. The Morgan fingerprint density at radius 3 is 2.17 bits per heavy atom. The molecule has 2 aliphatic heterocycles. The first kappa shape index (κ1) is 25.1. The van der Waals surface area contributed by atoms with Gasteiger partial charge in [0, 0.05) is 38.0 Å². The highest BCUT2D eigenvalue weighted by molar-refractivity contribution is 5.81. The van der Waals surface area contributed by atoms with Crippen LogP contribution in [0.2, 0.25) is 0 Å². The Morgan fingerprint density at radius 2 is 1.60 bits per heavy atom. The van der Waals surface area contributed by atoms with Gasteiger partial charge in [0.05, 0.1) is 6.61 Å². The van der Waals surface area contributed by atoms with Gasteiger partial charge >= 0.3 is 0 Å². The number of nitrogens with two attached hydrogens (primary N) is 2. The van der Waals surface area contributed by atoms with Crippen LogP contribution in [0.3, 0.4) is 0 Å². The van der Waals surface area contributed by atoms with Crippen molar-refractivity contribution in [2.24, 2.45) is 29.4 Å². The fourth-order valence-corrected chi connectivity index (χ4v) is 5.37.